The maximum atomic E-state index is 11.3. The first-order valence-corrected chi connectivity index (χ1v) is 5.05. The quantitative estimate of drug-likeness (QED) is 0.610. The van der Waals surface area contributed by atoms with E-state index < -0.39 is 5.91 Å². The summed E-state index contributed by atoms with van der Waals surface area (Å²) in [6.07, 6.45) is 0. The molecule has 0 aliphatic rings. The molecule has 2 aromatic rings. The van der Waals surface area contributed by atoms with Gasteiger partial charge < -0.3 is 4.74 Å². The van der Waals surface area contributed by atoms with Gasteiger partial charge in [-0.05, 0) is 30.7 Å². The molecule has 0 saturated carbocycles. The molecule has 1 amide bonds. The minimum absolute atomic E-state index is 0.172. The molecular weight excluding hydrogens is 220 g/mol. The van der Waals surface area contributed by atoms with Crippen LogP contribution in [-0.4, -0.2) is 23.2 Å². The van der Waals surface area contributed by atoms with E-state index in [-0.39, 0.29) is 5.69 Å². The molecule has 5 nitrogen and oxygen atoms in total. The standard InChI is InChI=1S/C12H12N2O3/c1-7-5-11(12(15)14-16)13-10-6-8(17-2)3-4-9(7)10/h3-6,16H,1-2H3,(H,14,15). The zero-order chi connectivity index (χ0) is 12.4. The molecule has 1 aromatic heterocycles. The van der Waals surface area contributed by atoms with Gasteiger partial charge in [0.15, 0.2) is 0 Å². The minimum atomic E-state index is -0.627. The molecule has 0 unspecified atom stereocenters. The summed E-state index contributed by atoms with van der Waals surface area (Å²) in [7, 11) is 1.57. The molecule has 0 fully saturated rings. The number of hydrogen-bond donors (Lipinski definition) is 2. The molecule has 0 bridgehead atoms. The number of aromatic nitrogens is 1. The predicted octanol–water partition coefficient (Wildman–Crippen LogP) is 1.67. The average molecular weight is 232 g/mol. The van der Waals surface area contributed by atoms with Crippen LogP contribution < -0.4 is 10.2 Å². The first kappa shape index (κ1) is 11.3. The molecule has 0 radical (unpaired) electrons. The molecule has 1 aromatic carbocycles. The summed E-state index contributed by atoms with van der Waals surface area (Å²) in [6.45, 7) is 1.88. The first-order valence-electron chi connectivity index (χ1n) is 5.05. The second kappa shape index (κ2) is 4.39. The summed E-state index contributed by atoms with van der Waals surface area (Å²) in [5.74, 6) is 0.0452. The van der Waals surface area contributed by atoms with Crippen LogP contribution in [0.5, 0.6) is 5.75 Å². The predicted molar refractivity (Wildman–Crippen MR) is 62.3 cm³/mol. The Hall–Kier alpha value is -2.14. The van der Waals surface area contributed by atoms with Crippen LogP contribution in [-0.2, 0) is 0 Å². The number of pyridine rings is 1. The molecule has 0 spiro atoms. The zero-order valence-corrected chi connectivity index (χ0v) is 9.52. The van der Waals surface area contributed by atoms with Crippen molar-refractivity contribution in [2.24, 2.45) is 0 Å². The van der Waals surface area contributed by atoms with Gasteiger partial charge in [0.2, 0.25) is 0 Å². The van der Waals surface area contributed by atoms with Crippen molar-refractivity contribution in [1.82, 2.24) is 10.5 Å². The fourth-order valence-electron chi connectivity index (χ4n) is 1.68. The van der Waals surface area contributed by atoms with Crippen molar-refractivity contribution in [2.45, 2.75) is 6.92 Å². The van der Waals surface area contributed by atoms with E-state index in [1.54, 1.807) is 24.7 Å². The molecular formula is C12H12N2O3. The molecule has 0 aliphatic heterocycles. The van der Waals surface area contributed by atoms with Crippen molar-refractivity contribution < 1.29 is 14.7 Å². The number of aryl methyl sites for hydroxylation is 1. The number of ether oxygens (including phenoxy) is 1. The van der Waals surface area contributed by atoms with Gasteiger partial charge in [0.05, 0.1) is 12.6 Å². The first-order chi connectivity index (χ1) is 8.15. The SMILES string of the molecule is COc1ccc2c(C)cc(C(=O)NO)nc2c1. The van der Waals surface area contributed by atoms with Crippen LogP contribution in [0, 0.1) is 6.92 Å². The number of carbonyl (C=O) groups excluding carboxylic acids is 1. The number of hydroxylamine groups is 1. The maximum absolute atomic E-state index is 11.3. The third-order valence-corrected chi connectivity index (χ3v) is 2.56. The fourth-order valence-corrected chi connectivity index (χ4v) is 1.68. The molecule has 0 aliphatic carbocycles. The van der Waals surface area contributed by atoms with E-state index in [9.17, 15) is 4.79 Å². The van der Waals surface area contributed by atoms with Crippen LogP contribution in [0.2, 0.25) is 0 Å². The molecule has 1 heterocycles. The number of hydrogen-bond acceptors (Lipinski definition) is 4. The van der Waals surface area contributed by atoms with E-state index in [2.05, 4.69) is 4.98 Å². The molecule has 2 N–H and O–H groups in total. The third-order valence-electron chi connectivity index (χ3n) is 2.56. The Balaban J connectivity index is 2.65. The highest BCUT2D eigenvalue weighted by molar-refractivity contribution is 5.95. The average Bonchev–Trinajstić information content (AvgIpc) is 2.36. The summed E-state index contributed by atoms with van der Waals surface area (Å²) >= 11 is 0. The lowest BCUT2D eigenvalue weighted by Crippen LogP contribution is -2.20. The lowest BCUT2D eigenvalue weighted by molar-refractivity contribution is 0.0701. The normalized spacial score (nSPS) is 10.3. The summed E-state index contributed by atoms with van der Waals surface area (Å²) < 4.78 is 5.10. The summed E-state index contributed by atoms with van der Waals surface area (Å²) in [5, 5.41) is 9.53. The van der Waals surface area contributed by atoms with Gasteiger partial charge in [-0.2, -0.15) is 0 Å². The van der Waals surface area contributed by atoms with Crippen LogP contribution in [0.3, 0.4) is 0 Å². The zero-order valence-electron chi connectivity index (χ0n) is 9.52. The number of carbonyl (C=O) groups is 1. The molecule has 17 heavy (non-hydrogen) atoms. The van der Waals surface area contributed by atoms with Gasteiger partial charge in [0.25, 0.3) is 5.91 Å². The number of benzene rings is 1. The van der Waals surface area contributed by atoms with Gasteiger partial charge in [0.1, 0.15) is 11.4 Å². The van der Waals surface area contributed by atoms with Crippen LogP contribution in [0.15, 0.2) is 24.3 Å². The van der Waals surface area contributed by atoms with Crippen molar-refractivity contribution in [3.63, 3.8) is 0 Å². The Morgan fingerprint density at radius 2 is 2.18 bits per heavy atom. The van der Waals surface area contributed by atoms with Crippen molar-refractivity contribution in [3.8, 4) is 5.75 Å². The molecule has 2 rings (SSSR count). The number of fused-ring (bicyclic) bond motifs is 1. The number of methoxy groups -OCH3 is 1. The highest BCUT2D eigenvalue weighted by Gasteiger charge is 2.09. The second-order valence-electron chi connectivity index (χ2n) is 3.65. The van der Waals surface area contributed by atoms with E-state index in [1.165, 1.54) is 0 Å². The van der Waals surface area contributed by atoms with Crippen LogP contribution in [0.4, 0.5) is 0 Å². The van der Waals surface area contributed by atoms with Crippen LogP contribution in [0.1, 0.15) is 16.1 Å². The Bertz CT molecular complexity index is 581. The van der Waals surface area contributed by atoms with E-state index >= 15 is 0 Å². The van der Waals surface area contributed by atoms with Crippen molar-refractivity contribution in [2.75, 3.05) is 7.11 Å². The van der Waals surface area contributed by atoms with Gasteiger partial charge in [-0.3, -0.25) is 10.0 Å². The fraction of sp³-hybridized carbons (Fsp3) is 0.167. The third kappa shape index (κ3) is 2.05. The molecule has 5 heteroatoms. The smallest absolute Gasteiger partial charge is 0.293 e. The van der Waals surface area contributed by atoms with Gasteiger partial charge in [0, 0.05) is 11.5 Å². The van der Waals surface area contributed by atoms with E-state index in [0.717, 1.165) is 10.9 Å². The topological polar surface area (TPSA) is 71.5 Å². The summed E-state index contributed by atoms with van der Waals surface area (Å²) in [5.41, 5.74) is 3.31. The number of rotatable bonds is 2. The molecule has 0 atom stereocenters. The van der Waals surface area contributed by atoms with Gasteiger partial charge in [-0.15, -0.1) is 0 Å². The van der Waals surface area contributed by atoms with Crippen LogP contribution >= 0.6 is 0 Å². The highest BCUT2D eigenvalue weighted by atomic mass is 16.5. The van der Waals surface area contributed by atoms with Gasteiger partial charge in [-0.1, -0.05) is 0 Å². The Morgan fingerprint density at radius 3 is 2.82 bits per heavy atom. The molecule has 88 valence electrons. The van der Waals surface area contributed by atoms with Crippen LogP contribution in [0.25, 0.3) is 10.9 Å². The second-order valence-corrected chi connectivity index (χ2v) is 3.65. The Labute approximate surface area is 98.0 Å². The summed E-state index contributed by atoms with van der Waals surface area (Å²) in [6, 6.07) is 7.09. The van der Waals surface area contributed by atoms with Crippen molar-refractivity contribution in [3.05, 3.63) is 35.5 Å². The highest BCUT2D eigenvalue weighted by Crippen LogP contribution is 2.22. The number of amides is 1. The number of nitrogens with one attached hydrogen (secondary N) is 1. The van der Waals surface area contributed by atoms with Gasteiger partial charge in [-0.25, -0.2) is 10.5 Å². The van der Waals surface area contributed by atoms with Crippen molar-refractivity contribution in [1.29, 1.82) is 0 Å². The maximum Gasteiger partial charge on any atom is 0.293 e. The van der Waals surface area contributed by atoms with Crippen molar-refractivity contribution >= 4 is 16.8 Å². The van der Waals surface area contributed by atoms with E-state index in [1.807, 2.05) is 19.1 Å². The minimum Gasteiger partial charge on any atom is -0.497 e. The van der Waals surface area contributed by atoms with E-state index in [4.69, 9.17) is 9.94 Å². The number of nitrogens with zero attached hydrogens (tertiary/aromatic N) is 1. The lowest BCUT2D eigenvalue weighted by atomic mass is 10.1. The lowest BCUT2D eigenvalue weighted by Gasteiger charge is -2.06. The Kier molecular flexibility index (Phi) is 2.93. The molecule has 0 saturated heterocycles. The van der Waals surface area contributed by atoms with E-state index in [0.29, 0.717) is 11.3 Å². The Morgan fingerprint density at radius 1 is 1.41 bits per heavy atom. The monoisotopic (exact) mass is 232 g/mol. The largest absolute Gasteiger partial charge is 0.497 e. The summed E-state index contributed by atoms with van der Waals surface area (Å²) in [4.78, 5) is 15.5. The van der Waals surface area contributed by atoms with Gasteiger partial charge >= 0.3 is 0 Å².